The van der Waals surface area contributed by atoms with E-state index in [4.69, 9.17) is 9.84 Å². The third-order valence-electron chi connectivity index (χ3n) is 2.86. The average molecular weight is 336 g/mol. The summed E-state index contributed by atoms with van der Waals surface area (Å²) in [7, 11) is 0. The number of ether oxygens (including phenoxy) is 1. The van der Waals surface area contributed by atoms with Crippen molar-refractivity contribution in [2.24, 2.45) is 0 Å². The molecule has 0 aliphatic rings. The largest absolute Gasteiger partial charge is 0.489 e. The second kappa shape index (κ2) is 6.43. The van der Waals surface area contributed by atoms with E-state index in [1.54, 1.807) is 12.1 Å². The minimum absolute atomic E-state index is 0.299. The van der Waals surface area contributed by atoms with Crippen LogP contribution in [0.4, 0.5) is 10.5 Å². The first-order chi connectivity index (χ1) is 9.58. The van der Waals surface area contributed by atoms with E-state index < -0.39 is 6.09 Å². The summed E-state index contributed by atoms with van der Waals surface area (Å²) in [5, 5.41) is 11.2. The van der Waals surface area contributed by atoms with Gasteiger partial charge in [-0.05, 0) is 25.1 Å². The molecule has 0 unspecified atom stereocenters. The van der Waals surface area contributed by atoms with E-state index in [0.717, 1.165) is 21.3 Å². The summed E-state index contributed by atoms with van der Waals surface area (Å²) in [6.07, 6.45) is -1.09. The third kappa shape index (κ3) is 3.51. The molecule has 0 saturated carbocycles. The summed E-state index contributed by atoms with van der Waals surface area (Å²) in [4.78, 5) is 10.7. The Kier molecular flexibility index (Phi) is 4.63. The minimum Gasteiger partial charge on any atom is -0.489 e. The van der Waals surface area contributed by atoms with Gasteiger partial charge in [0.25, 0.3) is 0 Å². The van der Waals surface area contributed by atoms with Gasteiger partial charge in [-0.2, -0.15) is 0 Å². The Morgan fingerprint density at radius 3 is 2.75 bits per heavy atom. The first-order valence-corrected chi connectivity index (χ1v) is 6.83. The molecule has 1 amide bonds. The second-order valence-electron chi connectivity index (χ2n) is 4.24. The lowest BCUT2D eigenvalue weighted by atomic mass is 10.2. The second-order valence-corrected chi connectivity index (χ2v) is 5.09. The molecular weight excluding hydrogens is 322 g/mol. The van der Waals surface area contributed by atoms with Crippen LogP contribution < -0.4 is 10.1 Å². The number of benzene rings is 2. The zero-order chi connectivity index (χ0) is 14.5. The van der Waals surface area contributed by atoms with Crippen molar-refractivity contribution in [3.05, 3.63) is 58.1 Å². The van der Waals surface area contributed by atoms with Gasteiger partial charge in [0.05, 0.1) is 5.69 Å². The molecule has 2 aromatic rings. The van der Waals surface area contributed by atoms with Gasteiger partial charge in [0.1, 0.15) is 12.4 Å². The molecule has 2 rings (SSSR count). The molecule has 0 fully saturated rings. The molecule has 0 aromatic heterocycles. The van der Waals surface area contributed by atoms with Crippen molar-refractivity contribution < 1.29 is 14.6 Å². The van der Waals surface area contributed by atoms with Crippen LogP contribution in [0.15, 0.2) is 46.9 Å². The fourth-order valence-corrected chi connectivity index (χ4v) is 2.13. The molecule has 2 N–H and O–H groups in total. The van der Waals surface area contributed by atoms with Gasteiger partial charge < -0.3 is 9.84 Å². The summed E-state index contributed by atoms with van der Waals surface area (Å²) >= 11 is 3.45. The van der Waals surface area contributed by atoms with Gasteiger partial charge in [-0.3, -0.25) is 5.32 Å². The molecule has 0 radical (unpaired) electrons. The Bertz CT molecular complexity index is 628. The summed E-state index contributed by atoms with van der Waals surface area (Å²) in [6.45, 7) is 2.26. The Hall–Kier alpha value is -2.01. The van der Waals surface area contributed by atoms with Gasteiger partial charge in [0, 0.05) is 15.6 Å². The molecule has 0 aliphatic heterocycles. The highest BCUT2D eigenvalue weighted by Crippen LogP contribution is 2.27. The fourth-order valence-electron chi connectivity index (χ4n) is 1.78. The summed E-state index contributed by atoms with van der Waals surface area (Å²) in [6, 6.07) is 12.9. The van der Waals surface area contributed by atoms with Crippen LogP contribution >= 0.6 is 15.9 Å². The number of para-hydroxylation sites is 1. The van der Waals surface area contributed by atoms with E-state index in [-0.39, 0.29) is 0 Å². The summed E-state index contributed by atoms with van der Waals surface area (Å²) < 4.78 is 6.74. The molecule has 20 heavy (non-hydrogen) atoms. The zero-order valence-electron chi connectivity index (χ0n) is 10.9. The van der Waals surface area contributed by atoms with E-state index >= 15 is 0 Å². The third-order valence-corrected chi connectivity index (χ3v) is 3.72. The van der Waals surface area contributed by atoms with Crippen molar-refractivity contribution >= 4 is 27.7 Å². The lowest BCUT2D eigenvalue weighted by Crippen LogP contribution is -2.10. The van der Waals surface area contributed by atoms with Gasteiger partial charge in [-0.15, -0.1) is 0 Å². The van der Waals surface area contributed by atoms with Gasteiger partial charge in [-0.25, -0.2) is 4.79 Å². The lowest BCUT2D eigenvalue weighted by molar-refractivity contribution is 0.209. The van der Waals surface area contributed by atoms with Gasteiger partial charge in [0.2, 0.25) is 0 Å². The Balaban J connectivity index is 2.15. The lowest BCUT2D eigenvalue weighted by Gasteiger charge is -2.13. The summed E-state index contributed by atoms with van der Waals surface area (Å²) in [5.41, 5.74) is 2.33. The molecule has 0 saturated heterocycles. The number of anilines is 1. The molecule has 4 nitrogen and oxygen atoms in total. The Morgan fingerprint density at radius 2 is 2.00 bits per heavy atom. The fraction of sp³-hybridized carbons (Fsp3) is 0.133. The molecule has 5 heteroatoms. The van der Waals surface area contributed by atoms with Crippen molar-refractivity contribution in [2.75, 3.05) is 5.32 Å². The van der Waals surface area contributed by atoms with Crippen LogP contribution in [0, 0.1) is 6.92 Å². The molecule has 0 bridgehead atoms. The Labute approximate surface area is 125 Å². The van der Waals surface area contributed by atoms with Crippen LogP contribution in [-0.2, 0) is 6.61 Å². The van der Waals surface area contributed by atoms with Crippen LogP contribution in [0.5, 0.6) is 5.75 Å². The Morgan fingerprint density at radius 1 is 1.25 bits per heavy atom. The van der Waals surface area contributed by atoms with Gasteiger partial charge >= 0.3 is 6.09 Å². The molecule has 0 heterocycles. The van der Waals surface area contributed by atoms with E-state index in [2.05, 4.69) is 21.2 Å². The topological polar surface area (TPSA) is 58.6 Å². The summed E-state index contributed by atoms with van der Waals surface area (Å²) in [5.74, 6) is 0.768. The number of amides is 1. The zero-order valence-corrected chi connectivity index (χ0v) is 12.5. The van der Waals surface area contributed by atoms with Crippen molar-refractivity contribution in [3.63, 3.8) is 0 Å². The number of carbonyl (C=O) groups is 1. The van der Waals surface area contributed by atoms with Gasteiger partial charge in [0.15, 0.2) is 0 Å². The smallest absolute Gasteiger partial charge is 0.409 e. The van der Waals surface area contributed by atoms with E-state index in [1.165, 1.54) is 0 Å². The number of carboxylic acid groups (broad SMARTS) is 1. The van der Waals surface area contributed by atoms with Crippen LogP contribution in [-0.4, -0.2) is 11.2 Å². The van der Waals surface area contributed by atoms with Crippen molar-refractivity contribution in [3.8, 4) is 5.75 Å². The molecule has 0 spiro atoms. The van der Waals surface area contributed by atoms with Crippen molar-refractivity contribution in [2.45, 2.75) is 13.5 Å². The minimum atomic E-state index is -1.09. The highest BCUT2D eigenvalue weighted by molar-refractivity contribution is 9.10. The molecule has 0 atom stereocenters. The van der Waals surface area contributed by atoms with Crippen LogP contribution in [0.2, 0.25) is 0 Å². The number of nitrogens with one attached hydrogen (secondary N) is 1. The highest BCUT2D eigenvalue weighted by atomic mass is 79.9. The number of hydrogen-bond donors (Lipinski definition) is 2. The van der Waals surface area contributed by atoms with Crippen LogP contribution in [0.3, 0.4) is 0 Å². The standard InChI is InChI=1S/C15H14BrNO3/c1-10-12(16)6-4-8-14(10)20-9-11-5-2-3-7-13(11)17-15(18)19/h2-8,17H,9H2,1H3,(H,18,19). The quantitative estimate of drug-likeness (QED) is 0.869. The molecule has 104 valence electrons. The van der Waals surface area contributed by atoms with E-state index in [1.807, 2.05) is 37.3 Å². The average Bonchev–Trinajstić information content (AvgIpc) is 2.41. The first kappa shape index (κ1) is 14.4. The maximum absolute atomic E-state index is 10.7. The normalized spacial score (nSPS) is 10.1. The number of hydrogen-bond acceptors (Lipinski definition) is 2. The number of halogens is 1. The van der Waals surface area contributed by atoms with E-state index in [9.17, 15) is 4.79 Å². The van der Waals surface area contributed by atoms with Crippen molar-refractivity contribution in [1.29, 1.82) is 0 Å². The highest BCUT2D eigenvalue weighted by Gasteiger charge is 2.07. The van der Waals surface area contributed by atoms with E-state index in [0.29, 0.717) is 12.3 Å². The maximum atomic E-state index is 10.7. The SMILES string of the molecule is Cc1c(Br)cccc1OCc1ccccc1NC(=O)O. The maximum Gasteiger partial charge on any atom is 0.409 e. The predicted molar refractivity (Wildman–Crippen MR) is 81.3 cm³/mol. The predicted octanol–water partition coefficient (Wildman–Crippen LogP) is 4.43. The molecular formula is C15H14BrNO3. The van der Waals surface area contributed by atoms with Crippen LogP contribution in [0.1, 0.15) is 11.1 Å². The molecule has 0 aliphatic carbocycles. The molecule has 2 aromatic carbocycles. The number of rotatable bonds is 4. The van der Waals surface area contributed by atoms with Crippen molar-refractivity contribution in [1.82, 2.24) is 0 Å². The first-order valence-electron chi connectivity index (χ1n) is 6.03. The van der Waals surface area contributed by atoms with Gasteiger partial charge in [-0.1, -0.05) is 40.2 Å². The van der Waals surface area contributed by atoms with Crippen LogP contribution in [0.25, 0.3) is 0 Å². The monoisotopic (exact) mass is 335 g/mol.